The third-order valence-corrected chi connectivity index (χ3v) is 3.24. The number of H-pyrrole nitrogens is 1. The van der Waals surface area contributed by atoms with Crippen molar-refractivity contribution < 1.29 is 4.79 Å². The lowest BCUT2D eigenvalue weighted by molar-refractivity contribution is 0.102. The normalized spacial score (nSPS) is 10.2. The Balaban J connectivity index is 2.26. The van der Waals surface area contributed by atoms with Crippen LogP contribution in [0.25, 0.3) is 0 Å². The quantitative estimate of drug-likeness (QED) is 0.588. The van der Waals surface area contributed by atoms with Crippen LogP contribution in [0.5, 0.6) is 0 Å². The highest BCUT2D eigenvalue weighted by atomic mass is 32.2. The molecule has 0 radical (unpaired) electrons. The number of carbonyl (C=O) groups excluding carboxylic acids is 1. The monoisotopic (exact) mass is 290 g/mol. The van der Waals surface area contributed by atoms with Crippen molar-refractivity contribution in [3.8, 4) is 0 Å². The summed E-state index contributed by atoms with van der Waals surface area (Å²) in [6, 6.07) is 8.57. The molecule has 104 valence electrons. The van der Waals surface area contributed by atoms with Gasteiger partial charge in [0.2, 0.25) is 0 Å². The van der Waals surface area contributed by atoms with Gasteiger partial charge in [-0.15, -0.1) is 0 Å². The molecule has 0 fully saturated rings. The van der Waals surface area contributed by atoms with Gasteiger partial charge in [-0.2, -0.15) is 0 Å². The summed E-state index contributed by atoms with van der Waals surface area (Å²) >= 11 is 1.37. The van der Waals surface area contributed by atoms with Crippen LogP contribution in [0.1, 0.15) is 17.3 Å². The fourth-order valence-electron chi connectivity index (χ4n) is 1.57. The maximum absolute atomic E-state index is 12.0. The molecule has 0 bridgehead atoms. The van der Waals surface area contributed by atoms with Crippen molar-refractivity contribution in [1.29, 1.82) is 0 Å². The number of nitrogens with zero attached hydrogens (tertiary/aromatic N) is 1. The van der Waals surface area contributed by atoms with Crippen LogP contribution >= 0.6 is 11.8 Å². The molecule has 2 rings (SSSR count). The molecule has 1 aromatic carbocycles. The summed E-state index contributed by atoms with van der Waals surface area (Å²) in [5.41, 5.74) is 5.67. The van der Waals surface area contributed by atoms with Crippen molar-refractivity contribution in [2.45, 2.75) is 12.1 Å². The number of thioether (sulfide) groups is 1. The molecule has 4 N–H and O–H groups in total. The van der Waals surface area contributed by atoms with Gasteiger partial charge in [-0.25, -0.2) is 4.98 Å². The fourth-order valence-corrected chi connectivity index (χ4v) is 2.17. The van der Waals surface area contributed by atoms with Gasteiger partial charge in [0.25, 0.3) is 11.5 Å². The second-order valence-electron chi connectivity index (χ2n) is 3.88. The van der Waals surface area contributed by atoms with Crippen LogP contribution in [0.2, 0.25) is 0 Å². The van der Waals surface area contributed by atoms with Crippen LogP contribution in [0.4, 0.5) is 11.5 Å². The zero-order chi connectivity index (χ0) is 14.5. The topological polar surface area (TPSA) is 101 Å². The van der Waals surface area contributed by atoms with Gasteiger partial charge in [-0.05, 0) is 17.9 Å². The van der Waals surface area contributed by atoms with Crippen LogP contribution in [0, 0.1) is 0 Å². The second-order valence-corrected chi connectivity index (χ2v) is 5.14. The number of amides is 1. The van der Waals surface area contributed by atoms with E-state index >= 15 is 0 Å². The molecule has 20 heavy (non-hydrogen) atoms. The van der Waals surface area contributed by atoms with Gasteiger partial charge < -0.3 is 11.1 Å². The molecular formula is C13H14N4O2S. The van der Waals surface area contributed by atoms with E-state index in [1.165, 1.54) is 11.8 Å². The van der Waals surface area contributed by atoms with Gasteiger partial charge in [-0.1, -0.05) is 36.9 Å². The molecule has 0 atom stereocenters. The summed E-state index contributed by atoms with van der Waals surface area (Å²) < 4.78 is 0. The standard InChI is InChI=1S/C13H14N4O2S/c1-2-20-13-16-10(14)9(12(19)17-13)15-11(18)8-6-4-3-5-7-8/h3-7H,2H2,1H3,(H,15,18)(H3,14,16,17,19). The number of aromatic amines is 1. The lowest BCUT2D eigenvalue weighted by Crippen LogP contribution is -2.23. The van der Waals surface area contributed by atoms with Crippen molar-refractivity contribution in [2.75, 3.05) is 16.8 Å². The predicted octanol–water partition coefficient (Wildman–Crippen LogP) is 1.72. The lowest BCUT2D eigenvalue weighted by Gasteiger charge is -2.07. The Morgan fingerprint density at radius 1 is 1.40 bits per heavy atom. The minimum atomic E-state index is -0.460. The maximum atomic E-state index is 12.0. The van der Waals surface area contributed by atoms with Gasteiger partial charge in [0.05, 0.1) is 0 Å². The molecule has 6 nitrogen and oxygen atoms in total. The Kier molecular flexibility index (Phi) is 4.41. The fraction of sp³-hybridized carbons (Fsp3) is 0.154. The summed E-state index contributed by atoms with van der Waals surface area (Å²) in [5, 5.41) is 2.92. The first-order valence-corrected chi connectivity index (χ1v) is 6.99. The van der Waals surface area contributed by atoms with Gasteiger partial charge in [-0.3, -0.25) is 14.6 Å². The van der Waals surface area contributed by atoms with E-state index in [4.69, 9.17) is 5.73 Å². The Morgan fingerprint density at radius 2 is 2.10 bits per heavy atom. The Labute approximate surface area is 119 Å². The molecular weight excluding hydrogens is 276 g/mol. The van der Waals surface area contributed by atoms with Gasteiger partial charge in [0.15, 0.2) is 11.0 Å². The number of nitrogen functional groups attached to an aromatic ring is 1. The largest absolute Gasteiger partial charge is 0.382 e. The van der Waals surface area contributed by atoms with Gasteiger partial charge >= 0.3 is 0 Å². The molecule has 0 aliphatic heterocycles. The first kappa shape index (κ1) is 14.1. The van der Waals surface area contributed by atoms with Gasteiger partial charge in [0.1, 0.15) is 5.69 Å². The van der Waals surface area contributed by atoms with E-state index in [2.05, 4.69) is 15.3 Å². The van der Waals surface area contributed by atoms with E-state index in [9.17, 15) is 9.59 Å². The molecule has 0 saturated carbocycles. The van der Waals surface area contributed by atoms with Gasteiger partial charge in [0, 0.05) is 5.56 Å². The summed E-state index contributed by atoms with van der Waals surface area (Å²) in [6.07, 6.45) is 0. The number of hydrogen-bond acceptors (Lipinski definition) is 5. The minimum absolute atomic E-state index is 0.00832. The molecule has 0 aliphatic rings. The first-order valence-electron chi connectivity index (χ1n) is 6.00. The summed E-state index contributed by atoms with van der Waals surface area (Å²) in [6.45, 7) is 1.94. The van der Waals surface area contributed by atoms with E-state index in [0.29, 0.717) is 10.7 Å². The Hall–Kier alpha value is -2.28. The third-order valence-electron chi connectivity index (χ3n) is 2.48. The van der Waals surface area contributed by atoms with Crippen LogP contribution in [-0.2, 0) is 0 Å². The zero-order valence-electron chi connectivity index (χ0n) is 10.8. The minimum Gasteiger partial charge on any atom is -0.382 e. The van der Waals surface area contributed by atoms with Crippen molar-refractivity contribution in [3.63, 3.8) is 0 Å². The van der Waals surface area contributed by atoms with Crippen molar-refractivity contribution in [1.82, 2.24) is 9.97 Å². The number of nitrogens with one attached hydrogen (secondary N) is 2. The Bertz CT molecular complexity index is 670. The highest BCUT2D eigenvalue weighted by Crippen LogP contribution is 2.16. The van der Waals surface area contributed by atoms with E-state index in [1.54, 1.807) is 30.3 Å². The summed E-state index contributed by atoms with van der Waals surface area (Å²) in [7, 11) is 0. The molecule has 1 aromatic heterocycles. The zero-order valence-corrected chi connectivity index (χ0v) is 11.7. The Morgan fingerprint density at radius 3 is 2.70 bits per heavy atom. The number of carbonyl (C=O) groups is 1. The first-order chi connectivity index (χ1) is 9.61. The highest BCUT2D eigenvalue weighted by Gasteiger charge is 2.13. The van der Waals surface area contributed by atoms with Crippen molar-refractivity contribution in [2.24, 2.45) is 0 Å². The number of anilines is 2. The molecule has 0 saturated heterocycles. The number of benzene rings is 1. The molecule has 1 amide bonds. The number of nitrogens with two attached hydrogens (primary N) is 1. The number of hydrogen-bond donors (Lipinski definition) is 3. The third kappa shape index (κ3) is 3.18. The molecule has 0 aliphatic carbocycles. The van der Waals surface area contributed by atoms with Crippen molar-refractivity contribution >= 4 is 29.2 Å². The molecule has 0 unspecified atom stereocenters. The predicted molar refractivity (Wildman–Crippen MR) is 80.1 cm³/mol. The molecule has 7 heteroatoms. The van der Waals surface area contributed by atoms with Crippen LogP contribution in [-0.4, -0.2) is 21.6 Å². The molecule has 2 aromatic rings. The second kappa shape index (κ2) is 6.25. The highest BCUT2D eigenvalue weighted by molar-refractivity contribution is 7.99. The average molecular weight is 290 g/mol. The molecule has 1 heterocycles. The van der Waals surface area contributed by atoms with Crippen LogP contribution < -0.4 is 16.6 Å². The summed E-state index contributed by atoms with van der Waals surface area (Å²) in [5.74, 6) is 0.368. The van der Waals surface area contributed by atoms with E-state index in [-0.39, 0.29) is 11.5 Å². The molecule has 0 spiro atoms. The van der Waals surface area contributed by atoms with E-state index in [0.717, 1.165) is 5.75 Å². The number of rotatable bonds is 4. The smallest absolute Gasteiger partial charge is 0.277 e. The van der Waals surface area contributed by atoms with Crippen molar-refractivity contribution in [3.05, 3.63) is 46.2 Å². The van der Waals surface area contributed by atoms with Crippen LogP contribution in [0.15, 0.2) is 40.3 Å². The lowest BCUT2D eigenvalue weighted by atomic mass is 10.2. The number of aromatic nitrogens is 2. The van der Waals surface area contributed by atoms with Crippen LogP contribution in [0.3, 0.4) is 0 Å². The van der Waals surface area contributed by atoms with E-state index in [1.807, 2.05) is 6.92 Å². The summed E-state index contributed by atoms with van der Waals surface area (Å²) in [4.78, 5) is 30.5. The average Bonchev–Trinajstić information content (AvgIpc) is 2.44. The van der Waals surface area contributed by atoms with E-state index < -0.39 is 11.5 Å². The SMILES string of the molecule is CCSc1nc(N)c(NC(=O)c2ccccc2)c(=O)[nH]1. The maximum Gasteiger partial charge on any atom is 0.277 e.